The third-order valence-corrected chi connectivity index (χ3v) is 1.74. The third kappa shape index (κ3) is 3.75. The molecule has 0 aromatic carbocycles. The predicted octanol–water partition coefficient (Wildman–Crippen LogP) is -3.01. The van der Waals surface area contributed by atoms with Crippen LogP contribution in [0.4, 0.5) is 0 Å². The molecule has 1 aromatic heterocycles. The van der Waals surface area contributed by atoms with Crippen molar-refractivity contribution in [3.63, 3.8) is 0 Å². The van der Waals surface area contributed by atoms with Crippen LogP contribution in [-0.4, -0.2) is 18.0 Å². The first kappa shape index (κ1) is 11.7. The van der Waals surface area contributed by atoms with Crippen LogP contribution >= 0.6 is 0 Å². The first-order valence-corrected chi connectivity index (χ1v) is 3.87. The Balaban J connectivity index is 0.000001000. The molecule has 54 valence electrons. The number of pyridine rings is 1. The summed E-state index contributed by atoms with van der Waals surface area (Å²) in [6.07, 6.45) is 2.41. The van der Waals surface area contributed by atoms with Crippen molar-refractivity contribution < 1.29 is 64.4 Å². The number of hydrogen-bond donors (Lipinski definition) is 0. The van der Waals surface area contributed by atoms with Crippen LogP contribution in [0.15, 0.2) is 29.4 Å². The summed E-state index contributed by atoms with van der Waals surface area (Å²) in [6.45, 7) is 0. The molecule has 0 N–H and O–H groups in total. The Morgan fingerprint density at radius 1 is 1.45 bits per heavy atom. The van der Waals surface area contributed by atoms with Crippen LogP contribution in [-0.2, 0) is 10.1 Å². The molecule has 0 saturated carbocycles. The minimum atomic E-state index is -4.32. The van der Waals surface area contributed by atoms with E-state index < -0.39 is 10.1 Å². The summed E-state index contributed by atoms with van der Waals surface area (Å²) in [5.41, 5.74) is 0. The Bertz CT molecular complexity index is 310. The van der Waals surface area contributed by atoms with Crippen LogP contribution in [0.3, 0.4) is 0 Å². The molecule has 0 saturated heterocycles. The van der Waals surface area contributed by atoms with Crippen molar-refractivity contribution in [2.45, 2.75) is 4.90 Å². The summed E-state index contributed by atoms with van der Waals surface area (Å²) >= 11 is 0. The van der Waals surface area contributed by atoms with Crippen LogP contribution in [0.5, 0.6) is 0 Å². The van der Waals surface area contributed by atoms with E-state index in [1.807, 2.05) is 0 Å². The van der Waals surface area contributed by atoms with Gasteiger partial charge in [0, 0.05) is 12.4 Å². The summed E-state index contributed by atoms with van der Waals surface area (Å²) < 4.78 is 30.7. The van der Waals surface area contributed by atoms with Gasteiger partial charge in [0.1, 0.15) is 10.1 Å². The van der Waals surface area contributed by atoms with Gasteiger partial charge in [0.05, 0.1) is 4.90 Å². The molecule has 1 aromatic rings. The predicted molar refractivity (Wildman–Crippen MR) is 32.2 cm³/mol. The average molecular weight is 197 g/mol. The number of aromatic nitrogens is 1. The average Bonchev–Trinajstić information content (AvgIpc) is 1.88. The SMILES string of the molecule is O=S(=O)([O-])c1cccnc1.[K+]. The van der Waals surface area contributed by atoms with Crippen LogP contribution in [0.25, 0.3) is 0 Å². The topological polar surface area (TPSA) is 70.1 Å². The zero-order valence-corrected chi connectivity index (χ0v) is 9.83. The Kier molecular flexibility index (Phi) is 4.95. The van der Waals surface area contributed by atoms with Crippen molar-refractivity contribution in [3.8, 4) is 0 Å². The van der Waals surface area contributed by atoms with E-state index in [1.54, 1.807) is 0 Å². The largest absolute Gasteiger partial charge is 1.00 e. The molecule has 0 unspecified atom stereocenters. The van der Waals surface area contributed by atoms with Crippen molar-refractivity contribution in [2.24, 2.45) is 0 Å². The van der Waals surface area contributed by atoms with Gasteiger partial charge in [-0.15, -0.1) is 0 Å². The van der Waals surface area contributed by atoms with E-state index in [-0.39, 0.29) is 56.3 Å². The Morgan fingerprint density at radius 2 is 2.09 bits per heavy atom. The smallest absolute Gasteiger partial charge is 0.744 e. The van der Waals surface area contributed by atoms with Crippen LogP contribution in [0.1, 0.15) is 0 Å². The van der Waals surface area contributed by atoms with Gasteiger partial charge >= 0.3 is 51.4 Å². The van der Waals surface area contributed by atoms with Crippen molar-refractivity contribution in [1.29, 1.82) is 0 Å². The summed E-state index contributed by atoms with van der Waals surface area (Å²) in [4.78, 5) is 3.18. The molecule has 0 amide bonds. The number of nitrogens with zero attached hydrogens (tertiary/aromatic N) is 1. The fourth-order valence-electron chi connectivity index (χ4n) is 0.495. The fourth-order valence-corrected chi connectivity index (χ4v) is 0.930. The van der Waals surface area contributed by atoms with Gasteiger partial charge in [-0.25, -0.2) is 8.42 Å². The molecule has 0 atom stereocenters. The molecule has 0 aliphatic carbocycles. The molecule has 0 bridgehead atoms. The molecule has 1 rings (SSSR count). The standard InChI is InChI=1S/C5H5NO3S.K/c7-10(8,9)5-2-1-3-6-4-5;/h1-4H,(H,7,8,9);/q;+1/p-1. The molecule has 6 heteroatoms. The van der Waals surface area contributed by atoms with E-state index in [1.165, 1.54) is 18.3 Å². The normalized spacial score (nSPS) is 10.3. The van der Waals surface area contributed by atoms with Crippen molar-refractivity contribution in [3.05, 3.63) is 24.5 Å². The van der Waals surface area contributed by atoms with Gasteiger partial charge in [-0.3, -0.25) is 4.98 Å². The monoisotopic (exact) mass is 197 g/mol. The van der Waals surface area contributed by atoms with Gasteiger partial charge < -0.3 is 4.55 Å². The quantitative estimate of drug-likeness (QED) is 0.355. The number of rotatable bonds is 1. The van der Waals surface area contributed by atoms with E-state index in [0.29, 0.717) is 0 Å². The van der Waals surface area contributed by atoms with E-state index >= 15 is 0 Å². The van der Waals surface area contributed by atoms with Gasteiger partial charge in [0.2, 0.25) is 0 Å². The molecule has 0 aliphatic heterocycles. The van der Waals surface area contributed by atoms with Gasteiger partial charge in [-0.05, 0) is 12.1 Å². The molecule has 11 heavy (non-hydrogen) atoms. The maximum Gasteiger partial charge on any atom is 1.00 e. The second kappa shape index (κ2) is 4.66. The Morgan fingerprint density at radius 3 is 2.36 bits per heavy atom. The molecule has 0 aliphatic rings. The van der Waals surface area contributed by atoms with Gasteiger partial charge in [-0.1, -0.05) is 0 Å². The second-order valence-corrected chi connectivity index (χ2v) is 3.02. The van der Waals surface area contributed by atoms with Crippen molar-refractivity contribution in [1.82, 2.24) is 4.98 Å². The summed E-state index contributed by atoms with van der Waals surface area (Å²) in [5, 5.41) is 0. The zero-order chi connectivity index (χ0) is 7.61. The third-order valence-electron chi connectivity index (χ3n) is 0.923. The fraction of sp³-hybridized carbons (Fsp3) is 0. The maximum atomic E-state index is 10.2. The first-order valence-electron chi connectivity index (χ1n) is 2.46. The Labute approximate surface area is 107 Å². The van der Waals surface area contributed by atoms with Gasteiger partial charge in [0.25, 0.3) is 0 Å². The molecule has 0 fully saturated rings. The van der Waals surface area contributed by atoms with Crippen molar-refractivity contribution >= 4 is 10.1 Å². The van der Waals surface area contributed by atoms with Crippen LogP contribution in [0, 0.1) is 0 Å². The maximum absolute atomic E-state index is 10.2. The molecule has 0 spiro atoms. The van der Waals surface area contributed by atoms with E-state index in [9.17, 15) is 13.0 Å². The van der Waals surface area contributed by atoms with E-state index in [2.05, 4.69) is 4.98 Å². The van der Waals surface area contributed by atoms with Crippen molar-refractivity contribution in [2.75, 3.05) is 0 Å². The second-order valence-electron chi connectivity index (χ2n) is 1.64. The summed E-state index contributed by atoms with van der Waals surface area (Å²) in [7, 11) is -4.32. The summed E-state index contributed by atoms with van der Waals surface area (Å²) in [5.74, 6) is 0. The number of hydrogen-bond acceptors (Lipinski definition) is 4. The minimum Gasteiger partial charge on any atom is -0.744 e. The first-order chi connectivity index (χ1) is 4.61. The van der Waals surface area contributed by atoms with Crippen LogP contribution < -0.4 is 51.4 Å². The van der Waals surface area contributed by atoms with Gasteiger partial charge in [-0.2, -0.15) is 0 Å². The van der Waals surface area contributed by atoms with Gasteiger partial charge in [0.15, 0.2) is 0 Å². The van der Waals surface area contributed by atoms with E-state index in [0.717, 1.165) is 6.20 Å². The summed E-state index contributed by atoms with van der Waals surface area (Å²) in [6, 6.07) is 2.60. The molecule has 0 radical (unpaired) electrons. The Hall–Kier alpha value is 0.696. The zero-order valence-electron chi connectivity index (χ0n) is 5.89. The molecular formula is C5H4KNO3S. The molecular weight excluding hydrogens is 193 g/mol. The molecule has 4 nitrogen and oxygen atoms in total. The van der Waals surface area contributed by atoms with Crippen LogP contribution in [0.2, 0.25) is 0 Å². The van der Waals surface area contributed by atoms with E-state index in [4.69, 9.17) is 0 Å². The molecule has 1 heterocycles. The minimum absolute atomic E-state index is 0.